The highest BCUT2D eigenvalue weighted by Crippen LogP contribution is 2.29. The monoisotopic (exact) mass is 317 g/mol. The van der Waals surface area contributed by atoms with Gasteiger partial charge in [0.1, 0.15) is 0 Å². The zero-order valence-electron chi connectivity index (χ0n) is 9.33. The number of hydrogen-bond donors (Lipinski definition) is 2. The maximum absolute atomic E-state index is 11.9. The highest BCUT2D eigenvalue weighted by molar-refractivity contribution is 7.80. The average molecular weight is 318 g/mol. The first-order valence-corrected chi connectivity index (χ1v) is 7.10. The lowest BCUT2D eigenvalue weighted by atomic mass is 10.2. The molecule has 0 aliphatic heterocycles. The Balaban J connectivity index is 2.24. The number of hydrogen-bond acceptors (Lipinski definition) is 3. The van der Waals surface area contributed by atoms with Gasteiger partial charge in [-0.3, -0.25) is 4.79 Å². The van der Waals surface area contributed by atoms with Crippen LogP contribution in [-0.2, 0) is 0 Å². The fourth-order valence-electron chi connectivity index (χ4n) is 1.37. The van der Waals surface area contributed by atoms with Crippen LogP contribution in [0.4, 0.5) is 5.69 Å². The lowest BCUT2D eigenvalue weighted by Crippen LogP contribution is -2.10. The molecule has 6 heteroatoms. The molecule has 2 nitrogen and oxygen atoms in total. The van der Waals surface area contributed by atoms with Crippen LogP contribution >= 0.6 is 47.2 Å². The number of amides is 1. The van der Waals surface area contributed by atoms with E-state index in [0.717, 1.165) is 10.5 Å². The van der Waals surface area contributed by atoms with Crippen LogP contribution in [0.3, 0.4) is 0 Å². The number of nitrogens with one attached hydrogen (secondary N) is 1. The third-order valence-electron chi connectivity index (χ3n) is 2.31. The number of carbonyl (C=O) groups excluding carboxylic acids is 1. The summed E-state index contributed by atoms with van der Waals surface area (Å²) < 4.78 is 0. The number of anilines is 1. The maximum atomic E-state index is 11.9. The summed E-state index contributed by atoms with van der Waals surface area (Å²) in [5.41, 5.74) is 1.37. The van der Waals surface area contributed by atoms with E-state index in [2.05, 4.69) is 17.9 Å². The molecule has 1 aromatic carbocycles. The average Bonchev–Trinajstić information content (AvgIpc) is 2.73. The van der Waals surface area contributed by atoms with Crippen molar-refractivity contribution < 1.29 is 4.79 Å². The van der Waals surface area contributed by atoms with Crippen LogP contribution in [0, 0.1) is 6.92 Å². The molecule has 1 amide bonds. The highest BCUT2D eigenvalue weighted by atomic mass is 35.5. The second-order valence-electron chi connectivity index (χ2n) is 3.70. The Morgan fingerprint density at radius 3 is 2.61 bits per heavy atom. The van der Waals surface area contributed by atoms with Gasteiger partial charge in [-0.25, -0.2) is 0 Å². The van der Waals surface area contributed by atoms with E-state index in [0.29, 0.717) is 20.6 Å². The topological polar surface area (TPSA) is 29.1 Å². The number of halogens is 2. The number of thiophene rings is 1. The van der Waals surface area contributed by atoms with E-state index in [-0.39, 0.29) is 5.91 Å². The van der Waals surface area contributed by atoms with Gasteiger partial charge in [-0.05, 0) is 30.7 Å². The maximum Gasteiger partial charge on any atom is 0.265 e. The van der Waals surface area contributed by atoms with Crippen molar-refractivity contribution in [3.63, 3.8) is 0 Å². The van der Waals surface area contributed by atoms with Crippen LogP contribution in [-0.4, -0.2) is 5.91 Å². The number of rotatable bonds is 2. The molecular formula is C12H9Cl2NOS2. The van der Waals surface area contributed by atoms with Gasteiger partial charge in [-0.2, -0.15) is 0 Å². The van der Waals surface area contributed by atoms with Gasteiger partial charge in [-0.15, -0.1) is 24.0 Å². The smallest absolute Gasteiger partial charge is 0.265 e. The fraction of sp³-hybridized carbons (Fsp3) is 0.0833. The summed E-state index contributed by atoms with van der Waals surface area (Å²) in [6.45, 7) is 1.85. The van der Waals surface area contributed by atoms with Crippen molar-refractivity contribution in [2.24, 2.45) is 0 Å². The van der Waals surface area contributed by atoms with E-state index >= 15 is 0 Å². The molecular weight excluding hydrogens is 309 g/mol. The zero-order chi connectivity index (χ0) is 13.3. The van der Waals surface area contributed by atoms with Gasteiger partial charge in [0.05, 0.1) is 15.6 Å². The van der Waals surface area contributed by atoms with Crippen molar-refractivity contribution in [1.29, 1.82) is 0 Å². The molecule has 0 saturated heterocycles. The molecule has 0 aliphatic rings. The largest absolute Gasteiger partial charge is 0.320 e. The standard InChI is InChI=1S/C12H9Cl2NOS2/c1-6-2-9(14)10(4-8(6)13)15-12(16)11-3-7(17)5-18-11/h2-5,17H,1H3,(H,15,16). The van der Waals surface area contributed by atoms with Crippen molar-refractivity contribution in [2.75, 3.05) is 5.32 Å². The third-order valence-corrected chi connectivity index (χ3v) is 4.39. The van der Waals surface area contributed by atoms with Crippen molar-refractivity contribution >= 4 is 58.8 Å². The van der Waals surface area contributed by atoms with E-state index in [9.17, 15) is 4.79 Å². The summed E-state index contributed by atoms with van der Waals surface area (Å²) in [5.74, 6) is -0.220. The SMILES string of the molecule is Cc1cc(Cl)c(NC(=O)c2cc(S)cs2)cc1Cl. The molecule has 0 atom stereocenters. The van der Waals surface area contributed by atoms with Crippen molar-refractivity contribution in [3.05, 3.63) is 44.1 Å². The summed E-state index contributed by atoms with van der Waals surface area (Å²) in [6.07, 6.45) is 0. The fourth-order valence-corrected chi connectivity index (χ4v) is 2.84. The summed E-state index contributed by atoms with van der Waals surface area (Å²) in [5, 5.41) is 5.55. The van der Waals surface area contributed by atoms with E-state index < -0.39 is 0 Å². The minimum atomic E-state index is -0.220. The molecule has 1 heterocycles. The third kappa shape index (κ3) is 3.01. The molecule has 0 unspecified atom stereocenters. The Morgan fingerprint density at radius 2 is 2.00 bits per heavy atom. The van der Waals surface area contributed by atoms with Crippen LogP contribution in [0.25, 0.3) is 0 Å². The molecule has 1 aromatic heterocycles. The number of aryl methyl sites for hydroxylation is 1. The van der Waals surface area contributed by atoms with E-state index in [1.54, 1.807) is 23.6 Å². The minimum Gasteiger partial charge on any atom is -0.320 e. The molecule has 0 fully saturated rings. The predicted octanol–water partition coefficient (Wildman–Crippen LogP) is 4.90. The van der Waals surface area contributed by atoms with E-state index in [1.807, 2.05) is 6.92 Å². The Bertz CT molecular complexity index is 610. The first-order valence-electron chi connectivity index (χ1n) is 5.02. The minimum absolute atomic E-state index is 0.220. The number of thiol groups is 1. The predicted molar refractivity (Wildman–Crippen MR) is 80.7 cm³/mol. The molecule has 0 aliphatic carbocycles. The van der Waals surface area contributed by atoms with E-state index in [1.165, 1.54) is 11.3 Å². The molecule has 94 valence electrons. The Kier molecular flexibility index (Phi) is 4.22. The first kappa shape index (κ1) is 13.7. The van der Waals surface area contributed by atoms with Gasteiger partial charge in [0.2, 0.25) is 0 Å². The summed E-state index contributed by atoms with van der Waals surface area (Å²) >= 11 is 17.5. The summed E-state index contributed by atoms with van der Waals surface area (Å²) in [4.78, 5) is 13.3. The van der Waals surface area contributed by atoms with Crippen molar-refractivity contribution in [3.8, 4) is 0 Å². The Hall–Kier alpha value is -0.680. The van der Waals surface area contributed by atoms with Crippen LogP contribution in [0.2, 0.25) is 10.0 Å². The lowest BCUT2D eigenvalue weighted by molar-refractivity contribution is 0.103. The molecule has 0 radical (unpaired) electrons. The molecule has 2 rings (SSSR count). The van der Waals surface area contributed by atoms with Crippen LogP contribution < -0.4 is 5.32 Å². The van der Waals surface area contributed by atoms with Crippen molar-refractivity contribution in [1.82, 2.24) is 0 Å². The summed E-state index contributed by atoms with van der Waals surface area (Å²) in [7, 11) is 0. The molecule has 0 saturated carbocycles. The molecule has 0 bridgehead atoms. The van der Waals surface area contributed by atoms with Crippen LogP contribution in [0.5, 0.6) is 0 Å². The van der Waals surface area contributed by atoms with Gasteiger partial charge < -0.3 is 5.32 Å². The van der Waals surface area contributed by atoms with Gasteiger partial charge >= 0.3 is 0 Å². The zero-order valence-corrected chi connectivity index (χ0v) is 12.6. The Labute approximate surface area is 124 Å². The van der Waals surface area contributed by atoms with Crippen LogP contribution in [0.1, 0.15) is 15.2 Å². The molecule has 2 aromatic rings. The second-order valence-corrected chi connectivity index (χ2v) is 5.95. The highest BCUT2D eigenvalue weighted by Gasteiger charge is 2.11. The van der Waals surface area contributed by atoms with Crippen molar-refractivity contribution in [2.45, 2.75) is 11.8 Å². The normalized spacial score (nSPS) is 10.4. The first-order chi connectivity index (χ1) is 8.47. The number of carbonyl (C=O) groups is 1. The van der Waals surface area contributed by atoms with Crippen LogP contribution in [0.15, 0.2) is 28.5 Å². The lowest BCUT2D eigenvalue weighted by Gasteiger charge is -2.08. The Morgan fingerprint density at radius 1 is 1.28 bits per heavy atom. The molecule has 18 heavy (non-hydrogen) atoms. The van der Waals surface area contributed by atoms with E-state index in [4.69, 9.17) is 23.2 Å². The summed E-state index contributed by atoms with van der Waals surface area (Å²) in [6, 6.07) is 5.07. The van der Waals surface area contributed by atoms with Gasteiger partial charge in [-0.1, -0.05) is 23.2 Å². The molecule has 1 N–H and O–H groups in total. The van der Waals surface area contributed by atoms with Gasteiger partial charge in [0, 0.05) is 15.3 Å². The van der Waals surface area contributed by atoms with Gasteiger partial charge in [0.15, 0.2) is 0 Å². The second kappa shape index (κ2) is 5.53. The molecule has 0 spiro atoms. The quantitative estimate of drug-likeness (QED) is 0.757. The van der Waals surface area contributed by atoms with Gasteiger partial charge in [0.25, 0.3) is 5.91 Å². The number of benzene rings is 1.